The molecule has 0 aliphatic heterocycles. The van der Waals surface area contributed by atoms with Gasteiger partial charge < -0.3 is 10.6 Å². The number of hydrogen-bond acceptors (Lipinski definition) is 5. The second-order valence-electron chi connectivity index (χ2n) is 7.07. The number of non-ortho nitro benzene ring substituents is 1. The minimum Gasteiger partial charge on any atom is -0.308 e. The molecule has 0 unspecified atom stereocenters. The highest BCUT2D eigenvalue weighted by Crippen LogP contribution is 2.23. The van der Waals surface area contributed by atoms with Crippen LogP contribution in [0.4, 0.5) is 27.5 Å². The molecular formula is C23H18N4O5S. The predicted molar refractivity (Wildman–Crippen MR) is 127 cm³/mol. The van der Waals surface area contributed by atoms with Gasteiger partial charge in [0, 0.05) is 29.2 Å². The first-order valence-electron chi connectivity index (χ1n) is 9.74. The normalized spacial score (nSPS) is 11.0. The zero-order valence-electron chi connectivity index (χ0n) is 17.1. The van der Waals surface area contributed by atoms with E-state index in [-0.39, 0.29) is 10.6 Å². The molecule has 0 atom stereocenters. The lowest BCUT2D eigenvalue weighted by Gasteiger charge is -2.11. The lowest BCUT2D eigenvalue weighted by Crippen LogP contribution is -2.19. The topological polar surface area (TPSA) is 130 Å². The summed E-state index contributed by atoms with van der Waals surface area (Å²) in [7, 11) is -3.82. The first kappa shape index (κ1) is 21.8. The van der Waals surface area contributed by atoms with Crippen molar-refractivity contribution in [2.24, 2.45) is 0 Å². The molecule has 166 valence electrons. The summed E-state index contributed by atoms with van der Waals surface area (Å²) >= 11 is 0. The first-order valence-corrected chi connectivity index (χ1v) is 11.2. The van der Waals surface area contributed by atoms with Gasteiger partial charge in [0.25, 0.3) is 15.7 Å². The van der Waals surface area contributed by atoms with Crippen LogP contribution < -0.4 is 15.4 Å². The Morgan fingerprint density at radius 3 is 1.88 bits per heavy atom. The molecular weight excluding hydrogens is 444 g/mol. The number of rotatable bonds is 6. The maximum Gasteiger partial charge on any atom is 0.323 e. The Morgan fingerprint density at radius 1 is 0.727 bits per heavy atom. The molecule has 9 nitrogen and oxygen atoms in total. The molecule has 0 spiro atoms. The summed E-state index contributed by atoms with van der Waals surface area (Å²) in [5.41, 5.74) is 1.10. The van der Waals surface area contributed by atoms with Crippen molar-refractivity contribution in [2.75, 3.05) is 15.4 Å². The average Bonchev–Trinajstić information content (AvgIpc) is 2.79. The number of carbonyl (C=O) groups excluding carboxylic acids is 1. The molecule has 3 N–H and O–H groups in total. The van der Waals surface area contributed by atoms with Crippen molar-refractivity contribution in [2.45, 2.75) is 4.90 Å². The Bertz CT molecular complexity index is 1440. The number of nitrogens with zero attached hydrogens (tertiary/aromatic N) is 1. The van der Waals surface area contributed by atoms with Crippen LogP contribution in [0.1, 0.15) is 0 Å². The van der Waals surface area contributed by atoms with Gasteiger partial charge in [0.05, 0.1) is 9.82 Å². The van der Waals surface area contributed by atoms with Crippen LogP contribution in [-0.2, 0) is 10.0 Å². The highest BCUT2D eigenvalue weighted by Gasteiger charge is 2.15. The fraction of sp³-hybridized carbons (Fsp3) is 0. The van der Waals surface area contributed by atoms with E-state index < -0.39 is 21.0 Å². The third-order valence-corrected chi connectivity index (χ3v) is 6.16. The number of amides is 2. The summed E-state index contributed by atoms with van der Waals surface area (Å²) in [5.74, 6) is 0. The van der Waals surface area contributed by atoms with Crippen LogP contribution >= 0.6 is 0 Å². The predicted octanol–water partition coefficient (Wildman–Crippen LogP) is 5.19. The number of nitro benzene ring substituents is 1. The minimum absolute atomic E-state index is 0.0389. The largest absolute Gasteiger partial charge is 0.323 e. The first-order chi connectivity index (χ1) is 15.8. The zero-order valence-corrected chi connectivity index (χ0v) is 17.9. The molecule has 33 heavy (non-hydrogen) atoms. The summed E-state index contributed by atoms with van der Waals surface area (Å²) in [4.78, 5) is 22.3. The van der Waals surface area contributed by atoms with Crippen LogP contribution in [0.3, 0.4) is 0 Å². The molecule has 2 amide bonds. The molecule has 0 bridgehead atoms. The van der Waals surface area contributed by atoms with E-state index >= 15 is 0 Å². The maximum atomic E-state index is 12.7. The maximum absolute atomic E-state index is 12.7. The molecule has 0 radical (unpaired) electrons. The third-order valence-electron chi connectivity index (χ3n) is 4.76. The van der Waals surface area contributed by atoms with E-state index in [0.29, 0.717) is 17.1 Å². The van der Waals surface area contributed by atoms with Gasteiger partial charge in [-0.25, -0.2) is 13.2 Å². The molecule has 0 saturated carbocycles. The van der Waals surface area contributed by atoms with Crippen molar-refractivity contribution in [3.8, 4) is 0 Å². The highest BCUT2D eigenvalue weighted by atomic mass is 32.2. The standard InChI is InChI=1S/C23H18N4O5S/c28-23(24-18-7-11-21(12-8-18)27(29)30)25-19-9-13-22(14-10-19)33(31,32)26-20-6-5-16-3-1-2-4-17(16)15-20/h1-15,26H,(H2,24,25,28). The number of hydrogen-bond donors (Lipinski definition) is 3. The fourth-order valence-corrected chi connectivity index (χ4v) is 4.19. The summed E-state index contributed by atoms with van der Waals surface area (Å²) in [6, 6.07) is 23.4. The van der Waals surface area contributed by atoms with E-state index in [1.54, 1.807) is 12.1 Å². The van der Waals surface area contributed by atoms with Crippen LogP contribution in [0, 0.1) is 10.1 Å². The summed E-state index contributed by atoms with van der Waals surface area (Å²) in [6.45, 7) is 0. The summed E-state index contributed by atoms with van der Waals surface area (Å²) in [6.07, 6.45) is 0. The van der Waals surface area contributed by atoms with Gasteiger partial charge in [-0.1, -0.05) is 30.3 Å². The second-order valence-corrected chi connectivity index (χ2v) is 8.76. The van der Waals surface area contributed by atoms with Crippen molar-refractivity contribution in [1.29, 1.82) is 0 Å². The minimum atomic E-state index is -3.82. The van der Waals surface area contributed by atoms with Gasteiger partial charge in [-0.15, -0.1) is 0 Å². The number of fused-ring (bicyclic) bond motifs is 1. The number of anilines is 3. The molecule has 4 rings (SSSR count). The molecule has 0 saturated heterocycles. The fourth-order valence-electron chi connectivity index (χ4n) is 3.14. The molecule has 0 aromatic heterocycles. The van der Waals surface area contributed by atoms with Gasteiger partial charge in [-0.3, -0.25) is 14.8 Å². The van der Waals surface area contributed by atoms with E-state index in [0.717, 1.165) is 10.8 Å². The molecule has 10 heteroatoms. The molecule has 0 aliphatic carbocycles. The number of nitro groups is 1. The van der Waals surface area contributed by atoms with Gasteiger partial charge in [0.2, 0.25) is 0 Å². The van der Waals surface area contributed by atoms with Crippen molar-refractivity contribution in [3.63, 3.8) is 0 Å². The smallest absolute Gasteiger partial charge is 0.308 e. The molecule has 4 aromatic rings. The van der Waals surface area contributed by atoms with Crippen molar-refractivity contribution in [1.82, 2.24) is 0 Å². The SMILES string of the molecule is O=C(Nc1ccc([N+](=O)[O-])cc1)Nc1ccc(S(=O)(=O)Nc2ccc3ccccc3c2)cc1. The number of benzene rings is 4. The van der Waals surface area contributed by atoms with Crippen LogP contribution in [0.25, 0.3) is 10.8 Å². The van der Waals surface area contributed by atoms with Gasteiger partial charge in [0.15, 0.2) is 0 Å². The van der Waals surface area contributed by atoms with Crippen molar-refractivity contribution < 1.29 is 18.1 Å². The average molecular weight is 462 g/mol. The van der Waals surface area contributed by atoms with E-state index in [2.05, 4.69) is 15.4 Å². The van der Waals surface area contributed by atoms with E-state index in [4.69, 9.17) is 0 Å². The monoisotopic (exact) mass is 462 g/mol. The van der Waals surface area contributed by atoms with Gasteiger partial charge in [-0.05, 0) is 59.3 Å². The van der Waals surface area contributed by atoms with Gasteiger partial charge in [-0.2, -0.15) is 0 Å². The van der Waals surface area contributed by atoms with E-state index in [9.17, 15) is 23.3 Å². The van der Waals surface area contributed by atoms with Crippen LogP contribution in [-0.4, -0.2) is 19.4 Å². The Morgan fingerprint density at radius 2 is 1.27 bits per heavy atom. The van der Waals surface area contributed by atoms with Crippen molar-refractivity contribution >= 4 is 49.6 Å². The summed E-state index contributed by atoms with van der Waals surface area (Å²) in [5, 5.41) is 17.7. The Balaban J connectivity index is 1.41. The highest BCUT2D eigenvalue weighted by molar-refractivity contribution is 7.92. The third kappa shape index (κ3) is 5.25. The number of urea groups is 1. The van der Waals surface area contributed by atoms with E-state index in [1.165, 1.54) is 48.5 Å². The molecule has 0 aliphatic rings. The van der Waals surface area contributed by atoms with Gasteiger partial charge in [0.1, 0.15) is 0 Å². The zero-order chi connectivity index (χ0) is 23.4. The molecule has 0 heterocycles. The Hall–Kier alpha value is -4.44. The Kier molecular flexibility index (Phi) is 5.92. The van der Waals surface area contributed by atoms with Crippen molar-refractivity contribution in [3.05, 3.63) is 101 Å². The lowest BCUT2D eigenvalue weighted by atomic mass is 10.1. The number of sulfonamides is 1. The Labute approximate surface area is 189 Å². The molecule has 4 aromatic carbocycles. The van der Waals surface area contributed by atoms with E-state index in [1.807, 2.05) is 30.3 Å². The number of nitrogens with one attached hydrogen (secondary N) is 3. The number of carbonyl (C=O) groups is 1. The van der Waals surface area contributed by atoms with Crippen LogP contribution in [0.5, 0.6) is 0 Å². The lowest BCUT2D eigenvalue weighted by molar-refractivity contribution is -0.384. The van der Waals surface area contributed by atoms with Crippen LogP contribution in [0.2, 0.25) is 0 Å². The second kappa shape index (κ2) is 8.97. The quantitative estimate of drug-likeness (QED) is 0.268. The summed E-state index contributed by atoms with van der Waals surface area (Å²) < 4.78 is 28.0. The van der Waals surface area contributed by atoms with Crippen LogP contribution in [0.15, 0.2) is 95.9 Å². The molecule has 0 fully saturated rings. The van der Waals surface area contributed by atoms with Gasteiger partial charge >= 0.3 is 6.03 Å².